The Labute approximate surface area is 107 Å². The number of aldehydes is 1. The summed E-state index contributed by atoms with van der Waals surface area (Å²) in [6.07, 6.45) is 2.29. The maximum Gasteiger partial charge on any atom is 0.312 e. The number of rotatable bonds is 2. The predicted molar refractivity (Wildman–Crippen MR) is 66.7 cm³/mol. The summed E-state index contributed by atoms with van der Waals surface area (Å²) in [5.41, 5.74) is -0.625. The molecule has 0 aliphatic heterocycles. The first-order valence-corrected chi connectivity index (χ1v) is 6.12. The first-order chi connectivity index (χ1) is 7.68. The first-order valence-electron chi connectivity index (χ1n) is 5.74. The van der Waals surface area contributed by atoms with E-state index in [2.05, 4.69) is 0 Å². The summed E-state index contributed by atoms with van der Waals surface area (Å²) in [6, 6.07) is 0. The highest BCUT2D eigenvalue weighted by Crippen LogP contribution is 2.41. The van der Waals surface area contributed by atoms with Crippen LogP contribution in [-0.4, -0.2) is 17.9 Å². The zero-order valence-electron chi connectivity index (χ0n) is 10.8. The smallest absolute Gasteiger partial charge is 0.312 e. The Bertz CT molecular complexity index is 365. The quantitative estimate of drug-likeness (QED) is 0.564. The minimum Gasteiger partial charge on any atom is -0.460 e. The van der Waals surface area contributed by atoms with Gasteiger partial charge in [0.15, 0.2) is 0 Å². The first kappa shape index (κ1) is 14.2. The summed E-state index contributed by atoms with van der Waals surface area (Å²) in [5.74, 6) is -0.256. The molecule has 1 aliphatic rings. The molecule has 0 saturated heterocycles. The van der Waals surface area contributed by atoms with Crippen molar-refractivity contribution in [2.24, 2.45) is 5.41 Å². The van der Waals surface area contributed by atoms with E-state index in [0.717, 1.165) is 6.29 Å². The van der Waals surface area contributed by atoms with E-state index in [9.17, 15) is 9.59 Å². The van der Waals surface area contributed by atoms with E-state index in [-0.39, 0.29) is 5.97 Å². The molecule has 0 radical (unpaired) electrons. The van der Waals surface area contributed by atoms with Gasteiger partial charge in [0.1, 0.15) is 11.9 Å². The third-order valence-electron chi connectivity index (χ3n) is 2.86. The zero-order valence-corrected chi connectivity index (χ0v) is 11.6. The van der Waals surface area contributed by atoms with E-state index in [1.54, 1.807) is 0 Å². The van der Waals surface area contributed by atoms with Crippen LogP contribution in [0.1, 0.15) is 47.0 Å². The number of carbonyl (C=O) groups excluding carboxylic acids is 2. The van der Waals surface area contributed by atoms with E-state index in [1.165, 1.54) is 0 Å². The molecule has 1 rings (SSSR count). The summed E-state index contributed by atoms with van der Waals surface area (Å²) in [5, 5.41) is 0.570. The number of carbonyl (C=O) groups is 2. The van der Waals surface area contributed by atoms with Gasteiger partial charge in [0.25, 0.3) is 0 Å². The van der Waals surface area contributed by atoms with Gasteiger partial charge in [-0.05, 0) is 47.0 Å². The molecule has 0 saturated carbocycles. The molecule has 1 unspecified atom stereocenters. The van der Waals surface area contributed by atoms with Gasteiger partial charge in [0.05, 0.1) is 5.41 Å². The van der Waals surface area contributed by atoms with Crippen molar-refractivity contribution in [3.05, 3.63) is 10.6 Å². The summed E-state index contributed by atoms with van der Waals surface area (Å²) in [7, 11) is 0. The van der Waals surface area contributed by atoms with Crippen LogP contribution in [0.5, 0.6) is 0 Å². The molecular formula is C13H19ClO3. The highest BCUT2D eigenvalue weighted by molar-refractivity contribution is 6.31. The summed E-state index contributed by atoms with van der Waals surface area (Å²) >= 11 is 5.94. The largest absolute Gasteiger partial charge is 0.460 e. The van der Waals surface area contributed by atoms with Crippen LogP contribution >= 0.6 is 11.6 Å². The lowest BCUT2D eigenvalue weighted by Gasteiger charge is -2.34. The highest BCUT2D eigenvalue weighted by Gasteiger charge is 2.40. The van der Waals surface area contributed by atoms with Crippen molar-refractivity contribution < 1.29 is 14.3 Å². The number of ether oxygens (including phenoxy) is 1. The third-order valence-corrected chi connectivity index (χ3v) is 3.29. The molecule has 1 atom stereocenters. The average Bonchev–Trinajstić information content (AvgIpc) is 2.19. The van der Waals surface area contributed by atoms with Crippen LogP contribution in [0.2, 0.25) is 0 Å². The number of esters is 1. The molecule has 3 nitrogen and oxygen atoms in total. The molecule has 0 N–H and O–H groups in total. The Morgan fingerprint density at radius 3 is 2.53 bits per heavy atom. The van der Waals surface area contributed by atoms with Crippen LogP contribution in [0.3, 0.4) is 0 Å². The van der Waals surface area contributed by atoms with Gasteiger partial charge in [-0.1, -0.05) is 11.6 Å². The molecule has 0 heterocycles. The number of halogens is 1. The van der Waals surface area contributed by atoms with E-state index < -0.39 is 11.0 Å². The molecule has 0 aromatic rings. The van der Waals surface area contributed by atoms with Crippen LogP contribution in [0.15, 0.2) is 10.6 Å². The summed E-state index contributed by atoms with van der Waals surface area (Å²) in [4.78, 5) is 23.0. The van der Waals surface area contributed by atoms with Gasteiger partial charge in [-0.2, -0.15) is 0 Å². The fourth-order valence-electron chi connectivity index (χ4n) is 1.83. The normalized spacial score (nSPS) is 25.7. The fourth-order valence-corrected chi connectivity index (χ4v) is 2.04. The van der Waals surface area contributed by atoms with Crippen LogP contribution in [0, 0.1) is 5.41 Å². The van der Waals surface area contributed by atoms with E-state index >= 15 is 0 Å². The van der Waals surface area contributed by atoms with Crippen LogP contribution in [0.4, 0.5) is 0 Å². The summed E-state index contributed by atoms with van der Waals surface area (Å²) in [6.45, 7) is 7.33. The minimum atomic E-state index is -0.637. The second-order valence-corrected chi connectivity index (χ2v) is 6.24. The van der Waals surface area contributed by atoms with Crippen LogP contribution in [0.25, 0.3) is 0 Å². The second-order valence-electron chi connectivity index (χ2n) is 5.79. The van der Waals surface area contributed by atoms with Crippen molar-refractivity contribution in [1.29, 1.82) is 0 Å². The van der Waals surface area contributed by atoms with Crippen molar-refractivity contribution in [1.82, 2.24) is 0 Å². The monoisotopic (exact) mass is 258 g/mol. The van der Waals surface area contributed by atoms with Crippen molar-refractivity contribution in [2.45, 2.75) is 52.6 Å². The molecule has 0 aromatic heterocycles. The van der Waals surface area contributed by atoms with Gasteiger partial charge in [0, 0.05) is 10.6 Å². The average molecular weight is 259 g/mol. The number of hydrogen-bond donors (Lipinski definition) is 0. The molecule has 1 aliphatic carbocycles. The van der Waals surface area contributed by atoms with Gasteiger partial charge < -0.3 is 4.74 Å². The molecule has 17 heavy (non-hydrogen) atoms. The minimum absolute atomic E-state index is 0.256. The molecule has 0 bridgehead atoms. The van der Waals surface area contributed by atoms with Gasteiger partial charge in [0.2, 0.25) is 0 Å². The zero-order chi connectivity index (χ0) is 13.3. The Morgan fingerprint density at radius 2 is 2.06 bits per heavy atom. The van der Waals surface area contributed by atoms with Crippen molar-refractivity contribution in [3.63, 3.8) is 0 Å². The standard InChI is InChI=1S/C13H19ClO3/c1-12(2,3)17-11(16)13(4)6-5-10(14)9(7-13)8-15/h8H,5-7H2,1-4H3. The van der Waals surface area contributed by atoms with Gasteiger partial charge in [-0.3, -0.25) is 9.59 Å². The van der Waals surface area contributed by atoms with Crippen molar-refractivity contribution in [3.8, 4) is 0 Å². The molecule has 0 spiro atoms. The number of hydrogen-bond acceptors (Lipinski definition) is 3. The van der Waals surface area contributed by atoms with Crippen molar-refractivity contribution >= 4 is 23.9 Å². The lowest BCUT2D eigenvalue weighted by atomic mass is 9.75. The lowest BCUT2D eigenvalue weighted by molar-refractivity contribution is -0.167. The van der Waals surface area contributed by atoms with Crippen LogP contribution < -0.4 is 0 Å². The Balaban J connectivity index is 2.84. The van der Waals surface area contributed by atoms with Gasteiger partial charge in [-0.25, -0.2) is 0 Å². The third kappa shape index (κ3) is 3.56. The Kier molecular flexibility index (Phi) is 4.03. The SMILES string of the molecule is CC(C)(C)OC(=O)C1(C)CCC(Cl)=C(C=O)C1. The lowest BCUT2D eigenvalue weighted by Crippen LogP contribution is -2.37. The second kappa shape index (κ2) is 4.81. The number of allylic oxidation sites excluding steroid dienone is 2. The molecule has 0 amide bonds. The predicted octanol–water partition coefficient (Wildman–Crippen LogP) is 3.21. The molecule has 0 aromatic carbocycles. The van der Waals surface area contributed by atoms with E-state index in [0.29, 0.717) is 29.9 Å². The van der Waals surface area contributed by atoms with E-state index in [4.69, 9.17) is 16.3 Å². The maximum absolute atomic E-state index is 12.1. The van der Waals surface area contributed by atoms with Gasteiger partial charge in [-0.15, -0.1) is 0 Å². The Morgan fingerprint density at radius 1 is 1.47 bits per heavy atom. The molecule has 96 valence electrons. The highest BCUT2D eigenvalue weighted by atomic mass is 35.5. The van der Waals surface area contributed by atoms with Crippen LogP contribution in [-0.2, 0) is 14.3 Å². The van der Waals surface area contributed by atoms with Gasteiger partial charge >= 0.3 is 5.97 Å². The topological polar surface area (TPSA) is 43.4 Å². The van der Waals surface area contributed by atoms with Crippen molar-refractivity contribution in [2.75, 3.05) is 0 Å². The molecular weight excluding hydrogens is 240 g/mol. The Hall–Kier alpha value is -0.830. The summed E-state index contributed by atoms with van der Waals surface area (Å²) < 4.78 is 5.39. The van der Waals surface area contributed by atoms with E-state index in [1.807, 2.05) is 27.7 Å². The molecule has 0 fully saturated rings. The fraction of sp³-hybridized carbons (Fsp3) is 0.692. The maximum atomic E-state index is 12.1. The molecule has 4 heteroatoms.